The number of anilines is 2. The minimum Gasteiger partial charge on any atom is -0.493 e. The number of nitrogens with one attached hydrogen (secondary N) is 2. The van der Waals surface area contributed by atoms with E-state index in [2.05, 4.69) is 15.7 Å². The van der Waals surface area contributed by atoms with E-state index in [1.165, 1.54) is 0 Å². The third-order valence-corrected chi connectivity index (χ3v) is 5.35. The van der Waals surface area contributed by atoms with Crippen molar-refractivity contribution in [3.8, 4) is 11.5 Å². The summed E-state index contributed by atoms with van der Waals surface area (Å²) in [7, 11) is 4.87. The van der Waals surface area contributed by atoms with E-state index in [0.29, 0.717) is 29.6 Å². The first-order valence-corrected chi connectivity index (χ1v) is 9.92. The van der Waals surface area contributed by atoms with Crippen molar-refractivity contribution in [1.29, 1.82) is 0 Å². The molecular formula is C23H24N4O4. The molecule has 0 radical (unpaired) electrons. The maximum Gasteiger partial charge on any atom is 0.230 e. The van der Waals surface area contributed by atoms with Crippen molar-refractivity contribution < 1.29 is 19.1 Å². The third-order valence-electron chi connectivity index (χ3n) is 5.35. The van der Waals surface area contributed by atoms with Gasteiger partial charge in [0.25, 0.3) is 0 Å². The van der Waals surface area contributed by atoms with Crippen molar-refractivity contribution in [2.75, 3.05) is 24.9 Å². The number of carbonyl (C=O) groups is 2. The normalized spacial score (nSPS) is 15.1. The Morgan fingerprint density at radius 3 is 2.61 bits per heavy atom. The zero-order valence-electron chi connectivity index (χ0n) is 17.6. The molecule has 8 nitrogen and oxygen atoms in total. The number of ether oxygens (including phenoxy) is 2. The Kier molecular flexibility index (Phi) is 5.62. The monoisotopic (exact) mass is 420 g/mol. The van der Waals surface area contributed by atoms with Crippen molar-refractivity contribution in [3.05, 3.63) is 65.2 Å². The molecular weight excluding hydrogens is 396 g/mol. The van der Waals surface area contributed by atoms with Gasteiger partial charge in [0.05, 0.1) is 20.6 Å². The maximum atomic E-state index is 12.8. The van der Waals surface area contributed by atoms with Crippen LogP contribution in [0.3, 0.4) is 0 Å². The third kappa shape index (κ3) is 4.09. The van der Waals surface area contributed by atoms with Gasteiger partial charge < -0.3 is 20.1 Å². The molecule has 0 fully saturated rings. The van der Waals surface area contributed by atoms with Crippen LogP contribution in [-0.2, 0) is 23.1 Å². The van der Waals surface area contributed by atoms with Gasteiger partial charge in [0.2, 0.25) is 11.8 Å². The molecule has 2 heterocycles. The van der Waals surface area contributed by atoms with Gasteiger partial charge in [-0.2, -0.15) is 5.10 Å². The Balaban J connectivity index is 1.61. The summed E-state index contributed by atoms with van der Waals surface area (Å²) in [6, 6.07) is 15.1. The van der Waals surface area contributed by atoms with Gasteiger partial charge in [-0.1, -0.05) is 36.4 Å². The smallest absolute Gasteiger partial charge is 0.230 e. The summed E-state index contributed by atoms with van der Waals surface area (Å²) in [4.78, 5) is 25.1. The number of rotatable bonds is 6. The van der Waals surface area contributed by atoms with Gasteiger partial charge in [-0.25, -0.2) is 0 Å². The van der Waals surface area contributed by atoms with Gasteiger partial charge in [0, 0.05) is 24.9 Å². The number of carbonyl (C=O) groups excluding carboxylic acids is 2. The highest BCUT2D eigenvalue weighted by Gasteiger charge is 2.33. The van der Waals surface area contributed by atoms with Crippen molar-refractivity contribution >= 4 is 23.5 Å². The van der Waals surface area contributed by atoms with Gasteiger partial charge >= 0.3 is 0 Å². The molecule has 31 heavy (non-hydrogen) atoms. The number of fused-ring (bicyclic) bond motifs is 1. The molecule has 2 amide bonds. The molecule has 0 saturated carbocycles. The largest absolute Gasteiger partial charge is 0.493 e. The van der Waals surface area contributed by atoms with Crippen molar-refractivity contribution in [3.63, 3.8) is 0 Å². The van der Waals surface area contributed by atoms with Crippen LogP contribution in [0, 0.1) is 0 Å². The molecule has 2 N–H and O–H groups in total. The molecule has 0 spiro atoms. The molecule has 1 atom stereocenters. The summed E-state index contributed by atoms with van der Waals surface area (Å²) in [5.74, 6) is 1.75. The van der Waals surface area contributed by atoms with Crippen LogP contribution in [0.5, 0.6) is 11.5 Å². The fourth-order valence-electron chi connectivity index (χ4n) is 3.90. The van der Waals surface area contributed by atoms with E-state index in [1.54, 1.807) is 38.1 Å². The fraction of sp³-hybridized carbons (Fsp3) is 0.261. The Morgan fingerprint density at radius 1 is 1.16 bits per heavy atom. The van der Waals surface area contributed by atoms with E-state index in [1.807, 2.05) is 36.4 Å². The molecule has 160 valence electrons. The van der Waals surface area contributed by atoms with Crippen LogP contribution in [0.4, 0.5) is 11.6 Å². The molecule has 4 rings (SSSR count). The predicted molar refractivity (Wildman–Crippen MR) is 117 cm³/mol. The fourth-order valence-corrected chi connectivity index (χ4v) is 3.90. The summed E-state index contributed by atoms with van der Waals surface area (Å²) in [5, 5.41) is 10.3. The topological polar surface area (TPSA) is 94.5 Å². The van der Waals surface area contributed by atoms with Crippen LogP contribution in [0.2, 0.25) is 0 Å². The lowest BCUT2D eigenvalue weighted by Gasteiger charge is -2.24. The van der Waals surface area contributed by atoms with Crippen LogP contribution in [-0.4, -0.2) is 35.8 Å². The van der Waals surface area contributed by atoms with Gasteiger partial charge in [0.15, 0.2) is 17.3 Å². The average molecular weight is 420 g/mol. The molecule has 1 aliphatic rings. The van der Waals surface area contributed by atoms with E-state index >= 15 is 0 Å². The molecule has 0 aliphatic carbocycles. The summed E-state index contributed by atoms with van der Waals surface area (Å²) >= 11 is 0. The number of aromatic nitrogens is 2. The van der Waals surface area contributed by atoms with E-state index in [0.717, 1.165) is 16.7 Å². The lowest BCUT2D eigenvalue weighted by atomic mass is 9.86. The summed E-state index contributed by atoms with van der Waals surface area (Å²) in [6.45, 7) is 0. The zero-order chi connectivity index (χ0) is 22.0. The predicted octanol–water partition coefficient (Wildman–Crippen LogP) is 3.09. The zero-order valence-corrected chi connectivity index (χ0v) is 17.6. The highest BCUT2D eigenvalue weighted by Crippen LogP contribution is 2.41. The molecule has 1 aliphatic heterocycles. The maximum absolute atomic E-state index is 12.8. The number of methoxy groups -OCH3 is 2. The van der Waals surface area contributed by atoms with Crippen LogP contribution in [0.15, 0.2) is 48.5 Å². The number of hydrogen-bond donors (Lipinski definition) is 2. The van der Waals surface area contributed by atoms with Gasteiger partial charge in [-0.15, -0.1) is 0 Å². The van der Waals surface area contributed by atoms with Gasteiger partial charge in [-0.05, 0) is 23.3 Å². The first kappa shape index (κ1) is 20.5. The molecule has 0 bridgehead atoms. The van der Waals surface area contributed by atoms with Crippen LogP contribution in [0.25, 0.3) is 0 Å². The van der Waals surface area contributed by atoms with Crippen LogP contribution < -0.4 is 20.1 Å². The van der Waals surface area contributed by atoms with Crippen molar-refractivity contribution in [2.24, 2.45) is 7.05 Å². The van der Waals surface area contributed by atoms with Crippen LogP contribution in [0.1, 0.15) is 29.0 Å². The second-order valence-electron chi connectivity index (χ2n) is 7.36. The summed E-state index contributed by atoms with van der Waals surface area (Å²) in [5.41, 5.74) is 2.60. The van der Waals surface area contributed by atoms with Gasteiger partial charge in [-0.3, -0.25) is 14.3 Å². The Bertz CT molecular complexity index is 1120. The highest BCUT2D eigenvalue weighted by molar-refractivity contribution is 5.98. The first-order chi connectivity index (χ1) is 15.0. The summed E-state index contributed by atoms with van der Waals surface area (Å²) < 4.78 is 12.2. The molecule has 2 aromatic carbocycles. The van der Waals surface area contributed by atoms with E-state index in [4.69, 9.17) is 9.47 Å². The van der Waals surface area contributed by atoms with E-state index < -0.39 is 0 Å². The van der Waals surface area contributed by atoms with Gasteiger partial charge in [0.1, 0.15) is 5.82 Å². The van der Waals surface area contributed by atoms with Crippen LogP contribution >= 0.6 is 0 Å². The second-order valence-corrected chi connectivity index (χ2v) is 7.36. The molecule has 0 saturated heterocycles. The molecule has 0 unspecified atom stereocenters. The van der Waals surface area contributed by atoms with E-state index in [-0.39, 0.29) is 24.2 Å². The number of aryl methyl sites for hydroxylation is 1. The van der Waals surface area contributed by atoms with E-state index in [9.17, 15) is 9.59 Å². The standard InChI is InChI=1S/C23H24N4O4/c1-27-23-21(16(13-20(29)25-23)15-7-5-4-6-8-15)22(26-27)24-19(28)12-14-9-10-17(30-2)18(11-14)31-3/h4-11,16H,12-13H2,1-3H3,(H,25,29)(H,24,26,28)/t16-/m1/s1. The summed E-state index contributed by atoms with van der Waals surface area (Å²) in [6.07, 6.45) is 0.440. The number of nitrogens with zero attached hydrogens (tertiary/aromatic N) is 2. The van der Waals surface area contributed by atoms with Crippen molar-refractivity contribution in [1.82, 2.24) is 9.78 Å². The quantitative estimate of drug-likeness (QED) is 0.639. The minimum absolute atomic E-state index is 0.0763. The SMILES string of the molecule is COc1ccc(CC(=O)Nc2nn(C)c3c2[C@@H](c2ccccc2)CC(=O)N3)cc1OC. The first-order valence-electron chi connectivity index (χ1n) is 9.92. The Labute approximate surface area is 180 Å². The lowest BCUT2D eigenvalue weighted by molar-refractivity contribution is -0.117. The highest BCUT2D eigenvalue weighted by atomic mass is 16.5. The molecule has 1 aromatic heterocycles. The lowest BCUT2D eigenvalue weighted by Crippen LogP contribution is -2.25. The average Bonchev–Trinajstić information content (AvgIpc) is 3.08. The molecule has 3 aromatic rings. The minimum atomic E-state index is -0.211. The Hall–Kier alpha value is -3.81. The number of hydrogen-bond acceptors (Lipinski definition) is 5. The van der Waals surface area contributed by atoms with Crippen molar-refractivity contribution in [2.45, 2.75) is 18.8 Å². The number of benzene rings is 2. The number of amides is 2. The second kappa shape index (κ2) is 8.51. The Morgan fingerprint density at radius 2 is 1.90 bits per heavy atom. The molecule has 8 heteroatoms.